The van der Waals surface area contributed by atoms with E-state index < -0.39 is 0 Å². The lowest BCUT2D eigenvalue weighted by Gasteiger charge is -2.24. The van der Waals surface area contributed by atoms with Crippen LogP contribution in [0.15, 0.2) is 67.0 Å². The number of rotatable bonds is 3. The van der Waals surface area contributed by atoms with Crippen LogP contribution in [0.25, 0.3) is 5.69 Å². The Hall–Kier alpha value is -2.59. The molecule has 1 fully saturated rings. The van der Waals surface area contributed by atoms with Crippen molar-refractivity contribution in [2.45, 2.75) is 13.2 Å². The summed E-state index contributed by atoms with van der Waals surface area (Å²) in [6, 6.07) is 17.1. The van der Waals surface area contributed by atoms with Crippen LogP contribution >= 0.6 is 0 Å². The zero-order chi connectivity index (χ0) is 16.5. The average Bonchev–Trinajstić information content (AvgIpc) is 3.24. The predicted molar refractivity (Wildman–Crippen MR) is 92.9 cm³/mol. The molecular formula is C20H19FN2O. The van der Waals surface area contributed by atoms with E-state index in [1.165, 1.54) is 17.7 Å². The molecule has 0 amide bonds. The van der Waals surface area contributed by atoms with Crippen LogP contribution in [0.4, 0.5) is 10.1 Å². The maximum absolute atomic E-state index is 13.4. The monoisotopic (exact) mass is 322 g/mol. The van der Waals surface area contributed by atoms with Crippen LogP contribution in [0.5, 0.6) is 0 Å². The molecule has 4 heteroatoms. The molecular weight excluding hydrogens is 303 g/mol. The lowest BCUT2D eigenvalue weighted by atomic mass is 10.2. The van der Waals surface area contributed by atoms with Crippen molar-refractivity contribution in [3.05, 3.63) is 83.9 Å². The van der Waals surface area contributed by atoms with Crippen molar-refractivity contribution in [3.8, 4) is 5.69 Å². The molecule has 3 aromatic rings. The van der Waals surface area contributed by atoms with Crippen LogP contribution in [0.1, 0.15) is 17.4 Å². The van der Waals surface area contributed by atoms with E-state index in [4.69, 9.17) is 4.74 Å². The fraction of sp³-hybridized carbons (Fsp3) is 0.200. The molecule has 4 rings (SSSR count). The third kappa shape index (κ3) is 2.81. The average molecular weight is 322 g/mol. The number of benzene rings is 2. The standard InChI is InChI=1S/C20H19FN2O/c1-15-5-7-18(8-6-15)23-11-12-24-20(23)16-9-10-22(14-16)19-4-2-3-17(21)13-19/h2-10,13-14,20H,11-12H2,1H3/t20-/m0/s1. The summed E-state index contributed by atoms with van der Waals surface area (Å²) in [6.45, 7) is 3.64. The van der Waals surface area contributed by atoms with Crippen molar-refractivity contribution in [1.82, 2.24) is 4.57 Å². The number of halogens is 1. The van der Waals surface area contributed by atoms with E-state index >= 15 is 0 Å². The maximum atomic E-state index is 13.4. The number of ether oxygens (including phenoxy) is 1. The first-order valence-electron chi connectivity index (χ1n) is 8.09. The molecule has 2 aromatic carbocycles. The molecule has 1 aromatic heterocycles. The van der Waals surface area contributed by atoms with Gasteiger partial charge >= 0.3 is 0 Å². The first-order valence-corrected chi connectivity index (χ1v) is 8.09. The SMILES string of the molecule is Cc1ccc(N2CCO[C@H]2c2ccn(-c3cccc(F)c3)c2)cc1. The van der Waals surface area contributed by atoms with Crippen LogP contribution in [-0.2, 0) is 4.74 Å². The Bertz CT molecular complexity index is 841. The molecule has 1 aliphatic heterocycles. The van der Waals surface area contributed by atoms with Crippen molar-refractivity contribution < 1.29 is 9.13 Å². The van der Waals surface area contributed by atoms with Gasteiger partial charge in [-0.05, 0) is 43.3 Å². The van der Waals surface area contributed by atoms with Gasteiger partial charge in [0.2, 0.25) is 0 Å². The van der Waals surface area contributed by atoms with Crippen LogP contribution in [0.3, 0.4) is 0 Å². The molecule has 1 aliphatic rings. The lowest BCUT2D eigenvalue weighted by Crippen LogP contribution is -2.22. The molecule has 24 heavy (non-hydrogen) atoms. The Morgan fingerprint density at radius 2 is 1.88 bits per heavy atom. The molecule has 0 radical (unpaired) electrons. The van der Waals surface area contributed by atoms with Crippen LogP contribution < -0.4 is 4.90 Å². The van der Waals surface area contributed by atoms with E-state index in [9.17, 15) is 4.39 Å². The van der Waals surface area contributed by atoms with Gasteiger partial charge in [0.25, 0.3) is 0 Å². The quantitative estimate of drug-likeness (QED) is 0.708. The summed E-state index contributed by atoms with van der Waals surface area (Å²) in [4.78, 5) is 2.25. The summed E-state index contributed by atoms with van der Waals surface area (Å²) in [5, 5.41) is 0. The number of hydrogen-bond acceptors (Lipinski definition) is 2. The van der Waals surface area contributed by atoms with E-state index in [1.54, 1.807) is 6.07 Å². The van der Waals surface area contributed by atoms with Crippen molar-refractivity contribution >= 4 is 5.69 Å². The minimum atomic E-state index is -0.235. The minimum Gasteiger partial charge on any atom is -0.352 e. The molecule has 3 nitrogen and oxygen atoms in total. The number of aromatic nitrogens is 1. The van der Waals surface area contributed by atoms with Gasteiger partial charge in [0.1, 0.15) is 5.82 Å². The number of aryl methyl sites for hydroxylation is 1. The van der Waals surface area contributed by atoms with E-state index in [0.29, 0.717) is 6.61 Å². The molecule has 0 spiro atoms. The molecule has 0 saturated carbocycles. The zero-order valence-electron chi connectivity index (χ0n) is 13.5. The normalized spacial score (nSPS) is 17.4. The number of nitrogens with zero attached hydrogens (tertiary/aromatic N) is 2. The first-order chi connectivity index (χ1) is 11.7. The highest BCUT2D eigenvalue weighted by atomic mass is 19.1. The molecule has 0 unspecified atom stereocenters. The summed E-state index contributed by atoms with van der Waals surface area (Å²) >= 11 is 0. The number of hydrogen-bond donors (Lipinski definition) is 0. The van der Waals surface area contributed by atoms with Crippen LogP contribution in [-0.4, -0.2) is 17.7 Å². The molecule has 1 saturated heterocycles. The Morgan fingerprint density at radius 3 is 2.67 bits per heavy atom. The van der Waals surface area contributed by atoms with Gasteiger partial charge in [-0.1, -0.05) is 23.8 Å². The van der Waals surface area contributed by atoms with Gasteiger partial charge < -0.3 is 14.2 Å². The second kappa shape index (κ2) is 6.13. The third-order valence-electron chi connectivity index (χ3n) is 4.36. The summed E-state index contributed by atoms with van der Waals surface area (Å²) in [7, 11) is 0. The Kier molecular flexibility index (Phi) is 3.82. The van der Waals surface area contributed by atoms with Gasteiger partial charge in [0.15, 0.2) is 6.23 Å². The molecule has 0 bridgehead atoms. The van der Waals surface area contributed by atoms with E-state index in [0.717, 1.165) is 23.5 Å². The predicted octanol–water partition coefficient (Wildman–Crippen LogP) is 4.46. The topological polar surface area (TPSA) is 17.4 Å². The van der Waals surface area contributed by atoms with E-state index in [-0.39, 0.29) is 12.0 Å². The fourth-order valence-corrected chi connectivity index (χ4v) is 3.10. The van der Waals surface area contributed by atoms with Crippen molar-refractivity contribution in [3.63, 3.8) is 0 Å². The van der Waals surface area contributed by atoms with Gasteiger partial charge in [-0.15, -0.1) is 0 Å². The molecule has 122 valence electrons. The van der Waals surface area contributed by atoms with Crippen LogP contribution in [0, 0.1) is 12.7 Å². The summed E-state index contributed by atoms with van der Waals surface area (Å²) < 4.78 is 21.3. The molecule has 0 aliphatic carbocycles. The van der Waals surface area contributed by atoms with Gasteiger partial charge in [-0.3, -0.25) is 0 Å². The Balaban J connectivity index is 1.62. The largest absolute Gasteiger partial charge is 0.352 e. The highest BCUT2D eigenvalue weighted by molar-refractivity contribution is 5.50. The summed E-state index contributed by atoms with van der Waals surface area (Å²) in [6.07, 6.45) is 3.84. The Morgan fingerprint density at radius 1 is 1.04 bits per heavy atom. The second-order valence-electron chi connectivity index (χ2n) is 6.08. The maximum Gasteiger partial charge on any atom is 0.158 e. The Labute approximate surface area is 140 Å². The lowest BCUT2D eigenvalue weighted by molar-refractivity contribution is 0.114. The van der Waals surface area contributed by atoms with Crippen molar-refractivity contribution in [1.29, 1.82) is 0 Å². The van der Waals surface area contributed by atoms with E-state index in [2.05, 4.69) is 36.1 Å². The highest BCUT2D eigenvalue weighted by Gasteiger charge is 2.27. The first kappa shape index (κ1) is 15.0. The van der Waals surface area contributed by atoms with Gasteiger partial charge in [0.05, 0.1) is 6.61 Å². The molecule has 2 heterocycles. The minimum absolute atomic E-state index is 0.109. The number of anilines is 1. The molecule has 1 atom stereocenters. The fourth-order valence-electron chi connectivity index (χ4n) is 3.10. The van der Waals surface area contributed by atoms with Gasteiger partial charge in [-0.2, -0.15) is 0 Å². The van der Waals surface area contributed by atoms with E-state index in [1.807, 2.05) is 29.1 Å². The zero-order valence-corrected chi connectivity index (χ0v) is 13.5. The van der Waals surface area contributed by atoms with Crippen molar-refractivity contribution in [2.24, 2.45) is 0 Å². The van der Waals surface area contributed by atoms with Gasteiger partial charge in [-0.25, -0.2) is 4.39 Å². The summed E-state index contributed by atoms with van der Waals surface area (Å²) in [5.41, 5.74) is 4.27. The molecule has 0 N–H and O–H groups in total. The summed E-state index contributed by atoms with van der Waals surface area (Å²) in [5.74, 6) is -0.235. The van der Waals surface area contributed by atoms with Crippen LogP contribution in [0.2, 0.25) is 0 Å². The smallest absolute Gasteiger partial charge is 0.158 e. The van der Waals surface area contributed by atoms with Crippen molar-refractivity contribution in [2.75, 3.05) is 18.1 Å². The van der Waals surface area contributed by atoms with Gasteiger partial charge in [0, 0.05) is 35.9 Å². The third-order valence-corrected chi connectivity index (χ3v) is 4.36. The highest BCUT2D eigenvalue weighted by Crippen LogP contribution is 2.32. The second-order valence-corrected chi connectivity index (χ2v) is 6.08.